The van der Waals surface area contributed by atoms with E-state index in [0.717, 1.165) is 16.7 Å². The summed E-state index contributed by atoms with van der Waals surface area (Å²) < 4.78 is 0. The van der Waals surface area contributed by atoms with Gasteiger partial charge in [0.15, 0.2) is 0 Å². The minimum Gasteiger partial charge on any atom is -0.480 e. The number of amides is 1. The summed E-state index contributed by atoms with van der Waals surface area (Å²) >= 11 is 0. The van der Waals surface area contributed by atoms with Crippen molar-refractivity contribution in [2.24, 2.45) is 0 Å². The van der Waals surface area contributed by atoms with Crippen LogP contribution in [0.2, 0.25) is 0 Å². The van der Waals surface area contributed by atoms with Crippen molar-refractivity contribution >= 4 is 11.9 Å². The summed E-state index contributed by atoms with van der Waals surface area (Å²) in [7, 11) is 0. The lowest BCUT2D eigenvalue weighted by atomic mass is 10.0. The van der Waals surface area contributed by atoms with E-state index in [1.807, 2.05) is 61.5 Å². The molecule has 2 N–H and O–H groups in total. The van der Waals surface area contributed by atoms with Crippen LogP contribution in [0.4, 0.5) is 0 Å². The molecule has 0 saturated heterocycles. The van der Waals surface area contributed by atoms with Crippen LogP contribution in [0.1, 0.15) is 16.7 Å². The summed E-state index contributed by atoms with van der Waals surface area (Å²) in [6, 6.07) is 15.9. The number of hydrogen-bond acceptors (Lipinski definition) is 2. The Morgan fingerprint density at radius 2 is 1.68 bits per heavy atom. The fourth-order valence-corrected chi connectivity index (χ4v) is 2.29. The third-order valence-corrected chi connectivity index (χ3v) is 3.53. The van der Waals surface area contributed by atoms with E-state index in [4.69, 9.17) is 0 Å². The molecule has 0 aromatic heterocycles. The van der Waals surface area contributed by atoms with Crippen molar-refractivity contribution in [3.8, 4) is 0 Å². The summed E-state index contributed by atoms with van der Waals surface area (Å²) in [4.78, 5) is 23.4. The van der Waals surface area contributed by atoms with Crippen LogP contribution < -0.4 is 5.32 Å². The van der Waals surface area contributed by atoms with E-state index in [0.29, 0.717) is 0 Å². The lowest BCUT2D eigenvalue weighted by molar-refractivity contribution is -0.141. The molecule has 0 radical (unpaired) electrons. The minimum atomic E-state index is -1.02. The first kappa shape index (κ1) is 15.8. The summed E-state index contributed by atoms with van der Waals surface area (Å²) in [5.41, 5.74) is 2.81. The predicted octanol–water partition coefficient (Wildman–Crippen LogP) is 2.35. The van der Waals surface area contributed by atoms with Crippen LogP contribution in [-0.2, 0) is 22.4 Å². The van der Waals surface area contributed by atoms with Gasteiger partial charge in [0, 0.05) is 6.42 Å². The number of hydrogen-bond donors (Lipinski definition) is 2. The second kappa shape index (κ2) is 7.41. The summed E-state index contributed by atoms with van der Waals surface area (Å²) in [5.74, 6) is -1.31. The van der Waals surface area contributed by atoms with Crippen molar-refractivity contribution in [2.45, 2.75) is 25.8 Å². The molecular weight excluding hydrogens is 278 g/mol. The Balaban J connectivity index is 2.01. The Bertz CT molecular complexity index is 652. The van der Waals surface area contributed by atoms with Crippen LogP contribution >= 0.6 is 0 Å². The SMILES string of the molecule is Cc1ccccc1C[C@@H](NC(=O)Cc1ccccc1)C(=O)O. The van der Waals surface area contributed by atoms with Crippen molar-refractivity contribution in [3.05, 3.63) is 71.3 Å². The molecule has 0 saturated carbocycles. The van der Waals surface area contributed by atoms with Crippen molar-refractivity contribution in [3.63, 3.8) is 0 Å². The normalized spacial score (nSPS) is 11.7. The Kier molecular flexibility index (Phi) is 5.31. The number of carbonyl (C=O) groups excluding carboxylic acids is 1. The van der Waals surface area contributed by atoms with Crippen molar-refractivity contribution in [1.29, 1.82) is 0 Å². The first-order valence-electron chi connectivity index (χ1n) is 7.17. The van der Waals surface area contributed by atoms with Gasteiger partial charge in [-0.15, -0.1) is 0 Å². The van der Waals surface area contributed by atoms with Gasteiger partial charge in [0.2, 0.25) is 5.91 Å². The van der Waals surface area contributed by atoms with Gasteiger partial charge in [-0.1, -0.05) is 54.6 Å². The zero-order chi connectivity index (χ0) is 15.9. The maximum atomic E-state index is 12.0. The number of aliphatic carboxylic acids is 1. The van der Waals surface area contributed by atoms with E-state index in [-0.39, 0.29) is 18.7 Å². The lowest BCUT2D eigenvalue weighted by Gasteiger charge is -2.16. The highest BCUT2D eigenvalue weighted by Gasteiger charge is 2.21. The molecule has 0 aliphatic heterocycles. The molecule has 1 atom stereocenters. The van der Waals surface area contributed by atoms with E-state index in [1.165, 1.54) is 0 Å². The first-order valence-corrected chi connectivity index (χ1v) is 7.17. The van der Waals surface area contributed by atoms with E-state index < -0.39 is 12.0 Å². The molecule has 0 aliphatic carbocycles. The molecule has 4 heteroatoms. The standard InChI is InChI=1S/C18H19NO3/c1-13-7-5-6-10-15(13)12-16(18(21)22)19-17(20)11-14-8-3-2-4-9-14/h2-10,16H,11-12H2,1H3,(H,19,20)(H,21,22)/t16-/m1/s1. The number of benzene rings is 2. The van der Waals surface area contributed by atoms with Gasteiger partial charge < -0.3 is 10.4 Å². The summed E-state index contributed by atoms with van der Waals surface area (Å²) in [6.45, 7) is 1.93. The zero-order valence-corrected chi connectivity index (χ0v) is 12.5. The molecule has 0 spiro atoms. The van der Waals surface area contributed by atoms with E-state index >= 15 is 0 Å². The van der Waals surface area contributed by atoms with Gasteiger partial charge in [-0.25, -0.2) is 4.79 Å². The largest absolute Gasteiger partial charge is 0.480 e. The maximum absolute atomic E-state index is 12.0. The number of aryl methyl sites for hydroxylation is 1. The van der Waals surface area contributed by atoms with Crippen LogP contribution in [0.5, 0.6) is 0 Å². The molecule has 2 aromatic rings. The van der Waals surface area contributed by atoms with E-state index in [2.05, 4.69) is 5.32 Å². The fourth-order valence-electron chi connectivity index (χ4n) is 2.29. The Hall–Kier alpha value is -2.62. The second-order valence-corrected chi connectivity index (χ2v) is 5.25. The van der Waals surface area contributed by atoms with Crippen molar-refractivity contribution in [2.75, 3.05) is 0 Å². The number of carbonyl (C=O) groups is 2. The summed E-state index contributed by atoms with van der Waals surface area (Å²) in [6.07, 6.45) is 0.459. The highest BCUT2D eigenvalue weighted by atomic mass is 16.4. The van der Waals surface area contributed by atoms with Crippen LogP contribution in [0.3, 0.4) is 0 Å². The van der Waals surface area contributed by atoms with Crippen LogP contribution in [0.25, 0.3) is 0 Å². The Morgan fingerprint density at radius 1 is 1.05 bits per heavy atom. The van der Waals surface area contributed by atoms with Gasteiger partial charge in [-0.05, 0) is 23.6 Å². The average Bonchev–Trinajstić information content (AvgIpc) is 2.49. The second-order valence-electron chi connectivity index (χ2n) is 5.25. The van der Waals surface area contributed by atoms with Crippen molar-refractivity contribution in [1.82, 2.24) is 5.32 Å². The van der Waals surface area contributed by atoms with Gasteiger partial charge in [0.05, 0.1) is 6.42 Å². The maximum Gasteiger partial charge on any atom is 0.326 e. The van der Waals surface area contributed by atoms with Crippen LogP contribution in [-0.4, -0.2) is 23.0 Å². The average molecular weight is 297 g/mol. The molecular formula is C18H19NO3. The Labute approximate surface area is 129 Å². The molecule has 22 heavy (non-hydrogen) atoms. The quantitative estimate of drug-likeness (QED) is 0.860. The van der Waals surface area contributed by atoms with Gasteiger partial charge in [-0.2, -0.15) is 0 Å². The number of nitrogens with one attached hydrogen (secondary N) is 1. The lowest BCUT2D eigenvalue weighted by Crippen LogP contribution is -2.43. The molecule has 0 aliphatic rings. The summed E-state index contributed by atoms with van der Waals surface area (Å²) in [5, 5.41) is 11.9. The molecule has 2 rings (SSSR count). The van der Waals surface area contributed by atoms with E-state index in [1.54, 1.807) is 0 Å². The molecule has 114 valence electrons. The molecule has 1 amide bonds. The number of rotatable bonds is 6. The highest BCUT2D eigenvalue weighted by molar-refractivity contribution is 5.85. The van der Waals surface area contributed by atoms with Gasteiger partial charge >= 0.3 is 5.97 Å². The highest BCUT2D eigenvalue weighted by Crippen LogP contribution is 2.10. The molecule has 2 aromatic carbocycles. The topological polar surface area (TPSA) is 66.4 Å². The molecule has 0 unspecified atom stereocenters. The molecule has 4 nitrogen and oxygen atoms in total. The predicted molar refractivity (Wildman–Crippen MR) is 84.6 cm³/mol. The van der Waals surface area contributed by atoms with Gasteiger partial charge in [0.25, 0.3) is 0 Å². The number of carboxylic acid groups (broad SMARTS) is 1. The fraction of sp³-hybridized carbons (Fsp3) is 0.222. The smallest absolute Gasteiger partial charge is 0.326 e. The van der Waals surface area contributed by atoms with E-state index in [9.17, 15) is 14.7 Å². The third kappa shape index (κ3) is 4.45. The molecule has 0 heterocycles. The van der Waals surface area contributed by atoms with Crippen LogP contribution in [0.15, 0.2) is 54.6 Å². The molecule has 0 fully saturated rings. The monoisotopic (exact) mass is 297 g/mol. The van der Waals surface area contributed by atoms with Crippen molar-refractivity contribution < 1.29 is 14.7 Å². The van der Waals surface area contributed by atoms with Gasteiger partial charge in [-0.3, -0.25) is 4.79 Å². The molecule has 0 bridgehead atoms. The minimum absolute atomic E-state index is 0.179. The zero-order valence-electron chi connectivity index (χ0n) is 12.5. The van der Waals surface area contributed by atoms with Crippen LogP contribution in [0, 0.1) is 6.92 Å². The number of carboxylic acids is 1. The Morgan fingerprint density at radius 3 is 2.32 bits per heavy atom. The van der Waals surface area contributed by atoms with Gasteiger partial charge in [0.1, 0.15) is 6.04 Å². The third-order valence-electron chi connectivity index (χ3n) is 3.53. The first-order chi connectivity index (χ1) is 10.6.